The molecule has 2 amide bonds. The summed E-state index contributed by atoms with van der Waals surface area (Å²) in [4.78, 5) is 18.7. The molecular weight excluding hydrogens is 284 g/mol. The highest BCUT2D eigenvalue weighted by atomic mass is 16.5. The fourth-order valence-electron chi connectivity index (χ4n) is 3.21. The minimum atomic E-state index is -0.209. The van der Waals surface area contributed by atoms with Crippen LogP contribution < -0.4 is 5.32 Å². The lowest BCUT2D eigenvalue weighted by atomic mass is 9.80. The Balaban J connectivity index is 1.69. The normalized spacial score (nSPS) is 26.8. The van der Waals surface area contributed by atoms with Gasteiger partial charge in [-0.15, -0.1) is 0 Å². The van der Waals surface area contributed by atoms with Crippen molar-refractivity contribution in [3.05, 3.63) is 11.7 Å². The summed E-state index contributed by atoms with van der Waals surface area (Å²) in [7, 11) is 1.67. The quantitative estimate of drug-likeness (QED) is 0.920. The van der Waals surface area contributed by atoms with Crippen LogP contribution in [0.15, 0.2) is 4.52 Å². The summed E-state index contributed by atoms with van der Waals surface area (Å²) in [5.74, 6) is 1.68. The largest absolute Gasteiger partial charge is 0.380 e. The van der Waals surface area contributed by atoms with Crippen LogP contribution in [-0.4, -0.2) is 46.9 Å². The number of rotatable bonds is 4. The molecule has 0 aromatic carbocycles. The zero-order valence-electron chi connectivity index (χ0n) is 13.4. The Hall–Kier alpha value is -1.63. The van der Waals surface area contributed by atoms with Crippen LogP contribution in [0, 0.1) is 12.8 Å². The maximum Gasteiger partial charge on any atom is 0.318 e. The van der Waals surface area contributed by atoms with Crippen LogP contribution in [0.25, 0.3) is 0 Å². The van der Waals surface area contributed by atoms with Crippen LogP contribution in [0.3, 0.4) is 0 Å². The average molecular weight is 308 g/mol. The minimum Gasteiger partial charge on any atom is -0.380 e. The van der Waals surface area contributed by atoms with E-state index in [1.165, 1.54) is 19.3 Å². The molecule has 22 heavy (non-hydrogen) atoms. The summed E-state index contributed by atoms with van der Waals surface area (Å²) in [5.41, 5.74) is 0. The Labute approximate surface area is 130 Å². The van der Waals surface area contributed by atoms with Crippen LogP contribution in [0.1, 0.15) is 50.4 Å². The first-order valence-electron chi connectivity index (χ1n) is 7.98. The van der Waals surface area contributed by atoms with Gasteiger partial charge in [0.1, 0.15) is 6.04 Å². The number of nitrogens with zero attached hydrogens (tertiary/aromatic N) is 3. The van der Waals surface area contributed by atoms with E-state index in [1.807, 2.05) is 0 Å². The van der Waals surface area contributed by atoms with Crippen molar-refractivity contribution in [3.63, 3.8) is 0 Å². The molecule has 1 N–H and O–H groups in total. The molecule has 7 nitrogen and oxygen atoms in total. The third-order valence-corrected chi connectivity index (χ3v) is 4.89. The van der Waals surface area contributed by atoms with Gasteiger partial charge in [-0.25, -0.2) is 4.79 Å². The lowest BCUT2D eigenvalue weighted by Gasteiger charge is -2.33. The zero-order chi connectivity index (χ0) is 15.7. The predicted molar refractivity (Wildman–Crippen MR) is 79.2 cm³/mol. The van der Waals surface area contributed by atoms with Crippen molar-refractivity contribution >= 4 is 6.03 Å². The Morgan fingerprint density at radius 3 is 2.82 bits per heavy atom. The SMILES string of the molecule is CO[C@H]1C[C@H](c2nc(C)no2)N(C(=O)N[C@@H](C)C2CCC2)C1. The van der Waals surface area contributed by atoms with Gasteiger partial charge < -0.3 is 19.5 Å². The first-order chi connectivity index (χ1) is 10.6. The number of likely N-dealkylation sites (tertiary alicyclic amines) is 1. The highest BCUT2D eigenvalue weighted by Gasteiger charge is 2.40. The van der Waals surface area contributed by atoms with E-state index in [2.05, 4.69) is 22.4 Å². The first-order valence-corrected chi connectivity index (χ1v) is 7.98. The second-order valence-electron chi connectivity index (χ2n) is 6.37. The lowest BCUT2D eigenvalue weighted by Crippen LogP contribution is -2.47. The molecule has 2 heterocycles. The summed E-state index contributed by atoms with van der Waals surface area (Å²) < 4.78 is 10.7. The topological polar surface area (TPSA) is 80.5 Å². The molecule has 1 aliphatic heterocycles. The summed E-state index contributed by atoms with van der Waals surface area (Å²) in [6, 6.07) is -0.0764. The number of carbonyl (C=O) groups is 1. The van der Waals surface area contributed by atoms with E-state index in [9.17, 15) is 4.79 Å². The van der Waals surface area contributed by atoms with Crippen LogP contribution in [0.4, 0.5) is 4.79 Å². The number of amides is 2. The minimum absolute atomic E-state index is 0.00182. The number of aryl methyl sites for hydroxylation is 1. The molecule has 0 unspecified atom stereocenters. The van der Waals surface area contributed by atoms with E-state index in [0.717, 1.165) is 0 Å². The van der Waals surface area contributed by atoms with Gasteiger partial charge in [-0.3, -0.25) is 0 Å². The number of methoxy groups -OCH3 is 1. The van der Waals surface area contributed by atoms with Crippen molar-refractivity contribution in [1.82, 2.24) is 20.4 Å². The van der Waals surface area contributed by atoms with Crippen LogP contribution in [0.2, 0.25) is 0 Å². The zero-order valence-corrected chi connectivity index (χ0v) is 13.4. The molecule has 7 heteroatoms. The molecular formula is C15H24N4O3. The van der Waals surface area contributed by atoms with Gasteiger partial charge in [-0.05, 0) is 32.6 Å². The Kier molecular flexibility index (Phi) is 4.33. The molecule has 1 saturated heterocycles. The molecule has 2 aliphatic rings. The van der Waals surface area contributed by atoms with E-state index in [1.54, 1.807) is 18.9 Å². The molecule has 2 fully saturated rings. The molecule has 0 spiro atoms. The number of aromatic nitrogens is 2. The Morgan fingerprint density at radius 1 is 1.50 bits per heavy atom. The predicted octanol–water partition coefficient (Wildman–Crippen LogP) is 2.04. The van der Waals surface area contributed by atoms with Gasteiger partial charge in [-0.2, -0.15) is 4.98 Å². The number of hydrogen-bond donors (Lipinski definition) is 1. The van der Waals surface area contributed by atoms with Crippen LogP contribution >= 0.6 is 0 Å². The smallest absolute Gasteiger partial charge is 0.318 e. The summed E-state index contributed by atoms with van der Waals surface area (Å²) in [5, 5.41) is 6.95. The second kappa shape index (κ2) is 6.24. The second-order valence-corrected chi connectivity index (χ2v) is 6.37. The number of hydrogen-bond acceptors (Lipinski definition) is 5. The van der Waals surface area contributed by atoms with Gasteiger partial charge in [0.05, 0.1) is 6.10 Å². The van der Waals surface area contributed by atoms with Gasteiger partial charge >= 0.3 is 6.03 Å². The maximum absolute atomic E-state index is 12.6. The van der Waals surface area contributed by atoms with Crippen LogP contribution in [0.5, 0.6) is 0 Å². The number of nitrogens with one attached hydrogen (secondary N) is 1. The van der Waals surface area contributed by atoms with E-state index in [0.29, 0.717) is 30.6 Å². The average Bonchev–Trinajstić information content (AvgIpc) is 3.02. The van der Waals surface area contributed by atoms with E-state index in [-0.39, 0.29) is 24.2 Å². The van der Waals surface area contributed by atoms with Crippen molar-refractivity contribution in [1.29, 1.82) is 0 Å². The fourth-order valence-corrected chi connectivity index (χ4v) is 3.21. The monoisotopic (exact) mass is 308 g/mol. The maximum atomic E-state index is 12.6. The van der Waals surface area contributed by atoms with Crippen molar-refractivity contribution in [2.45, 2.75) is 57.7 Å². The van der Waals surface area contributed by atoms with Gasteiger partial charge in [-0.1, -0.05) is 11.6 Å². The third-order valence-electron chi connectivity index (χ3n) is 4.89. The molecule has 0 bridgehead atoms. The highest BCUT2D eigenvalue weighted by molar-refractivity contribution is 5.75. The number of urea groups is 1. The van der Waals surface area contributed by atoms with Crippen molar-refractivity contribution in [3.8, 4) is 0 Å². The third kappa shape index (κ3) is 2.95. The molecule has 3 atom stereocenters. The van der Waals surface area contributed by atoms with E-state index < -0.39 is 0 Å². The van der Waals surface area contributed by atoms with Gasteiger partial charge in [0, 0.05) is 26.1 Å². The summed E-state index contributed by atoms with van der Waals surface area (Å²) in [6.07, 6.45) is 4.36. The Morgan fingerprint density at radius 2 is 2.27 bits per heavy atom. The standard InChI is InChI=1S/C15H24N4O3/c1-9(11-5-4-6-11)16-15(20)19-8-12(21-3)7-13(19)14-17-10(2)18-22-14/h9,11-13H,4-8H2,1-3H3,(H,16,20)/t9-,12-,13+/m0/s1. The summed E-state index contributed by atoms with van der Waals surface area (Å²) in [6.45, 7) is 4.40. The summed E-state index contributed by atoms with van der Waals surface area (Å²) >= 11 is 0. The molecule has 3 rings (SSSR count). The van der Waals surface area contributed by atoms with E-state index >= 15 is 0 Å². The van der Waals surface area contributed by atoms with Gasteiger partial charge in [0.25, 0.3) is 0 Å². The fraction of sp³-hybridized carbons (Fsp3) is 0.800. The lowest BCUT2D eigenvalue weighted by molar-refractivity contribution is 0.109. The molecule has 0 radical (unpaired) electrons. The first kappa shape index (κ1) is 15.3. The van der Waals surface area contributed by atoms with Gasteiger partial charge in [0.15, 0.2) is 5.82 Å². The van der Waals surface area contributed by atoms with Gasteiger partial charge in [0.2, 0.25) is 5.89 Å². The number of ether oxygens (including phenoxy) is 1. The Bertz CT molecular complexity index is 529. The molecule has 1 aliphatic carbocycles. The van der Waals surface area contributed by atoms with Crippen molar-refractivity contribution < 1.29 is 14.1 Å². The molecule has 1 aromatic heterocycles. The van der Waals surface area contributed by atoms with Crippen LogP contribution in [-0.2, 0) is 4.74 Å². The molecule has 1 aromatic rings. The highest BCUT2D eigenvalue weighted by Crippen LogP contribution is 2.33. The van der Waals surface area contributed by atoms with Crippen molar-refractivity contribution in [2.24, 2.45) is 5.92 Å². The van der Waals surface area contributed by atoms with Crippen molar-refractivity contribution in [2.75, 3.05) is 13.7 Å². The van der Waals surface area contributed by atoms with E-state index in [4.69, 9.17) is 9.26 Å². The molecule has 1 saturated carbocycles. The number of carbonyl (C=O) groups excluding carboxylic acids is 1. The molecule has 122 valence electrons.